The van der Waals surface area contributed by atoms with Crippen LogP contribution in [0.5, 0.6) is 0 Å². The minimum absolute atomic E-state index is 0.281. The van der Waals surface area contributed by atoms with Crippen LogP contribution in [0.1, 0.15) is 12.5 Å². The molecule has 0 aliphatic carbocycles. The summed E-state index contributed by atoms with van der Waals surface area (Å²) in [6, 6.07) is 10.3. The third-order valence-electron chi connectivity index (χ3n) is 2.69. The summed E-state index contributed by atoms with van der Waals surface area (Å²) in [5.41, 5.74) is 2.08. The second-order valence-electron chi connectivity index (χ2n) is 3.69. The summed E-state index contributed by atoms with van der Waals surface area (Å²) in [6.45, 7) is 2.82. The lowest BCUT2D eigenvalue weighted by atomic mass is 10.0. The largest absolute Gasteiger partial charge is 0.374 e. The molecule has 0 spiro atoms. The average Bonchev–Trinajstić information content (AvgIpc) is 2.94. The first kappa shape index (κ1) is 8.03. The van der Waals surface area contributed by atoms with Gasteiger partial charge in [-0.25, -0.2) is 0 Å². The van der Waals surface area contributed by atoms with E-state index in [0.29, 0.717) is 0 Å². The van der Waals surface area contributed by atoms with Crippen molar-refractivity contribution in [2.75, 3.05) is 6.67 Å². The number of hydroxylamine groups is 2. The molecule has 0 radical (unpaired) electrons. The Kier molecular flexibility index (Phi) is 1.48. The lowest BCUT2D eigenvalue weighted by Crippen LogP contribution is -2.30. The van der Waals surface area contributed by atoms with E-state index in [0.717, 1.165) is 6.67 Å². The highest BCUT2D eigenvalue weighted by Gasteiger charge is 2.56. The van der Waals surface area contributed by atoms with Gasteiger partial charge in [0.15, 0.2) is 0 Å². The zero-order chi connectivity index (χ0) is 9.60. The highest BCUT2D eigenvalue weighted by Crippen LogP contribution is 2.47. The topological polar surface area (TPSA) is 27.6 Å². The minimum atomic E-state index is -0.281. The van der Waals surface area contributed by atoms with Crippen LogP contribution < -0.4 is 5.32 Å². The predicted octanol–water partition coefficient (Wildman–Crippen LogP) is 1.55. The molecule has 0 saturated carbocycles. The van der Waals surface area contributed by atoms with Crippen molar-refractivity contribution in [3.8, 4) is 0 Å². The Labute approximate surface area is 82.9 Å². The predicted molar refractivity (Wildman–Crippen MR) is 52.8 cm³/mol. The van der Waals surface area contributed by atoms with E-state index in [1.165, 1.54) is 11.3 Å². The van der Waals surface area contributed by atoms with Crippen LogP contribution in [0.4, 0.5) is 0 Å². The number of nitrogens with one attached hydrogen (secondary N) is 1. The number of hydrogen-bond acceptors (Lipinski definition) is 3. The Balaban J connectivity index is 2.04. The van der Waals surface area contributed by atoms with Gasteiger partial charge in [-0.15, -0.1) is 5.06 Å². The van der Waals surface area contributed by atoms with E-state index in [2.05, 4.69) is 30.4 Å². The SMILES string of the molecule is CC1=CC2(c3ccccc3)ON2CN1. The molecule has 3 heteroatoms. The monoisotopic (exact) mass is 188 g/mol. The lowest BCUT2D eigenvalue weighted by molar-refractivity contribution is 0.191. The third-order valence-corrected chi connectivity index (χ3v) is 2.69. The highest BCUT2D eigenvalue weighted by atomic mass is 16.9. The van der Waals surface area contributed by atoms with Crippen LogP contribution in [-0.2, 0) is 10.6 Å². The maximum Gasteiger partial charge on any atom is 0.212 e. The Morgan fingerprint density at radius 2 is 2.14 bits per heavy atom. The summed E-state index contributed by atoms with van der Waals surface area (Å²) < 4.78 is 0. The fourth-order valence-corrected chi connectivity index (χ4v) is 1.89. The van der Waals surface area contributed by atoms with Crippen LogP contribution in [0.25, 0.3) is 0 Å². The van der Waals surface area contributed by atoms with Gasteiger partial charge >= 0.3 is 0 Å². The molecule has 14 heavy (non-hydrogen) atoms. The van der Waals surface area contributed by atoms with Crippen LogP contribution in [-0.4, -0.2) is 11.7 Å². The summed E-state index contributed by atoms with van der Waals surface area (Å²) >= 11 is 0. The Morgan fingerprint density at radius 3 is 2.93 bits per heavy atom. The second-order valence-corrected chi connectivity index (χ2v) is 3.69. The average molecular weight is 188 g/mol. The minimum Gasteiger partial charge on any atom is -0.374 e. The number of rotatable bonds is 1. The molecule has 1 saturated heterocycles. The maximum atomic E-state index is 5.62. The van der Waals surface area contributed by atoms with E-state index in [4.69, 9.17) is 4.84 Å². The Morgan fingerprint density at radius 1 is 1.36 bits per heavy atom. The molecule has 0 bridgehead atoms. The smallest absolute Gasteiger partial charge is 0.212 e. The summed E-state index contributed by atoms with van der Waals surface area (Å²) in [6.07, 6.45) is 2.12. The Bertz CT molecular complexity index is 388. The van der Waals surface area contributed by atoms with Crippen molar-refractivity contribution < 1.29 is 4.84 Å². The van der Waals surface area contributed by atoms with Gasteiger partial charge in [-0.1, -0.05) is 30.3 Å². The van der Waals surface area contributed by atoms with Crippen molar-refractivity contribution in [1.82, 2.24) is 10.4 Å². The van der Waals surface area contributed by atoms with Crippen LogP contribution >= 0.6 is 0 Å². The second kappa shape index (κ2) is 2.59. The van der Waals surface area contributed by atoms with Gasteiger partial charge in [-0.2, -0.15) is 0 Å². The van der Waals surface area contributed by atoms with Crippen molar-refractivity contribution >= 4 is 0 Å². The van der Waals surface area contributed by atoms with Crippen molar-refractivity contribution in [3.05, 3.63) is 47.7 Å². The summed E-state index contributed by atoms with van der Waals surface area (Å²) in [5, 5.41) is 5.17. The van der Waals surface area contributed by atoms with Gasteiger partial charge in [0.2, 0.25) is 5.72 Å². The van der Waals surface area contributed by atoms with Gasteiger partial charge < -0.3 is 5.32 Å². The molecule has 2 aliphatic rings. The zero-order valence-corrected chi connectivity index (χ0v) is 8.03. The van der Waals surface area contributed by atoms with Crippen LogP contribution in [0.2, 0.25) is 0 Å². The molecule has 1 fully saturated rings. The fourth-order valence-electron chi connectivity index (χ4n) is 1.89. The first-order valence-corrected chi connectivity index (χ1v) is 4.77. The summed E-state index contributed by atoms with van der Waals surface area (Å²) in [7, 11) is 0. The van der Waals surface area contributed by atoms with Gasteiger partial charge in [0.25, 0.3) is 0 Å². The van der Waals surface area contributed by atoms with Gasteiger partial charge in [0, 0.05) is 11.3 Å². The summed E-state index contributed by atoms with van der Waals surface area (Å²) in [5.74, 6) is 0. The molecule has 2 heterocycles. The van der Waals surface area contributed by atoms with Crippen molar-refractivity contribution in [1.29, 1.82) is 0 Å². The molecule has 1 aromatic rings. The number of allylic oxidation sites excluding steroid dienone is 1. The van der Waals surface area contributed by atoms with E-state index < -0.39 is 0 Å². The first-order chi connectivity index (χ1) is 6.81. The fraction of sp³-hybridized carbons (Fsp3) is 0.273. The molecule has 2 atom stereocenters. The van der Waals surface area contributed by atoms with E-state index in [1.807, 2.05) is 23.3 Å². The molecule has 2 unspecified atom stereocenters. The van der Waals surface area contributed by atoms with Gasteiger partial charge in [-0.3, -0.25) is 4.84 Å². The molecular formula is C11H12N2O. The summed E-state index contributed by atoms with van der Waals surface area (Å²) in [4.78, 5) is 5.62. The maximum absolute atomic E-state index is 5.62. The zero-order valence-electron chi connectivity index (χ0n) is 8.03. The van der Waals surface area contributed by atoms with Crippen molar-refractivity contribution in [3.63, 3.8) is 0 Å². The molecule has 3 rings (SSSR count). The van der Waals surface area contributed by atoms with Crippen LogP contribution in [0.3, 0.4) is 0 Å². The molecule has 1 N–H and O–H groups in total. The number of benzene rings is 1. The van der Waals surface area contributed by atoms with E-state index >= 15 is 0 Å². The van der Waals surface area contributed by atoms with Crippen molar-refractivity contribution in [2.45, 2.75) is 12.6 Å². The molecule has 0 aromatic heterocycles. The molecule has 72 valence electrons. The Hall–Kier alpha value is -1.32. The van der Waals surface area contributed by atoms with Gasteiger partial charge in [-0.05, 0) is 13.0 Å². The lowest BCUT2D eigenvalue weighted by Gasteiger charge is -2.16. The molecule has 0 amide bonds. The highest BCUT2D eigenvalue weighted by molar-refractivity contribution is 5.32. The van der Waals surface area contributed by atoms with E-state index in [1.54, 1.807) is 0 Å². The number of nitrogens with zero attached hydrogens (tertiary/aromatic N) is 1. The first-order valence-electron chi connectivity index (χ1n) is 4.77. The third kappa shape index (κ3) is 0.997. The van der Waals surface area contributed by atoms with Gasteiger partial charge in [0.05, 0.1) is 6.67 Å². The normalized spacial score (nSPS) is 34.1. The molecule has 2 aliphatic heterocycles. The van der Waals surface area contributed by atoms with Crippen LogP contribution in [0, 0.1) is 0 Å². The number of hydrogen-bond donors (Lipinski definition) is 1. The molecular weight excluding hydrogens is 176 g/mol. The van der Waals surface area contributed by atoms with E-state index in [9.17, 15) is 0 Å². The van der Waals surface area contributed by atoms with Gasteiger partial charge in [0.1, 0.15) is 0 Å². The standard InChI is InChI=1S/C11H12N2O/c1-9-7-11(13(14-11)8-12-9)10-5-3-2-4-6-10/h2-7,12H,8H2,1H3. The van der Waals surface area contributed by atoms with E-state index in [-0.39, 0.29) is 5.72 Å². The number of fused-ring (bicyclic) bond motifs is 1. The molecule has 3 nitrogen and oxygen atoms in total. The quantitative estimate of drug-likeness (QED) is 0.677. The van der Waals surface area contributed by atoms with Crippen molar-refractivity contribution in [2.24, 2.45) is 0 Å². The molecule has 1 aromatic carbocycles. The van der Waals surface area contributed by atoms with Crippen LogP contribution in [0.15, 0.2) is 42.1 Å².